The average Bonchev–Trinajstić information content (AvgIpc) is 2.25. The zero-order chi connectivity index (χ0) is 10.2. The molecule has 1 fully saturated rings. The Bertz CT molecular complexity index is 176. The van der Waals surface area contributed by atoms with E-state index < -0.39 is 0 Å². The number of nitrogens with two attached hydrogens (primary N) is 1. The van der Waals surface area contributed by atoms with Crippen LogP contribution in [0.2, 0.25) is 0 Å². The third kappa shape index (κ3) is 4.07. The van der Waals surface area contributed by atoms with Gasteiger partial charge in [-0.25, -0.2) is 5.84 Å². The molecule has 4 heteroatoms. The van der Waals surface area contributed by atoms with E-state index >= 15 is 0 Å². The Morgan fingerprint density at radius 1 is 1.57 bits per heavy atom. The van der Waals surface area contributed by atoms with Gasteiger partial charge in [0.25, 0.3) is 0 Å². The van der Waals surface area contributed by atoms with Crippen molar-refractivity contribution in [3.8, 4) is 0 Å². The molecule has 1 saturated heterocycles. The lowest BCUT2D eigenvalue weighted by Gasteiger charge is -2.22. The largest absolute Gasteiger partial charge is 0.378 e. The van der Waals surface area contributed by atoms with E-state index in [4.69, 9.17) is 10.6 Å². The van der Waals surface area contributed by atoms with E-state index in [0.717, 1.165) is 38.2 Å². The van der Waals surface area contributed by atoms with Crippen molar-refractivity contribution in [2.24, 2.45) is 10.8 Å². The molecule has 82 valence electrons. The molecule has 3 N–H and O–H groups in total. The number of ether oxygens (including phenoxy) is 1. The second kappa shape index (κ2) is 6.79. The molecule has 0 aromatic carbocycles. The first-order valence-corrected chi connectivity index (χ1v) is 5.48. The van der Waals surface area contributed by atoms with Crippen LogP contribution >= 0.6 is 0 Å². The van der Waals surface area contributed by atoms with Gasteiger partial charge in [0.05, 0.1) is 6.10 Å². The molecule has 1 unspecified atom stereocenters. The van der Waals surface area contributed by atoms with Gasteiger partial charge in [0.15, 0.2) is 0 Å². The molecule has 0 radical (unpaired) electrons. The summed E-state index contributed by atoms with van der Waals surface area (Å²) in [7, 11) is 0. The van der Waals surface area contributed by atoms with Crippen molar-refractivity contribution in [2.45, 2.75) is 45.1 Å². The standard InChI is InChI=1S/C10H21N3O/c1-2-6-12-10(13-11)8-9-5-3-4-7-14-9/h9H,2-8,11H2,1H3,(H,12,13). The molecule has 0 bridgehead atoms. The fourth-order valence-electron chi connectivity index (χ4n) is 1.60. The zero-order valence-electron chi connectivity index (χ0n) is 8.96. The lowest BCUT2D eigenvalue weighted by atomic mass is 10.1. The second-order valence-corrected chi connectivity index (χ2v) is 3.67. The highest BCUT2D eigenvalue weighted by molar-refractivity contribution is 5.82. The average molecular weight is 199 g/mol. The number of hydrazine groups is 1. The minimum atomic E-state index is 0.315. The van der Waals surface area contributed by atoms with E-state index in [-0.39, 0.29) is 0 Å². The summed E-state index contributed by atoms with van der Waals surface area (Å²) in [6.45, 7) is 3.83. The number of rotatable bonds is 4. The second-order valence-electron chi connectivity index (χ2n) is 3.67. The monoisotopic (exact) mass is 199 g/mol. The highest BCUT2D eigenvalue weighted by atomic mass is 16.5. The Kier molecular flexibility index (Phi) is 5.56. The Morgan fingerprint density at radius 3 is 3.00 bits per heavy atom. The first kappa shape index (κ1) is 11.5. The number of nitrogens with one attached hydrogen (secondary N) is 1. The van der Waals surface area contributed by atoms with Gasteiger partial charge in [0.1, 0.15) is 5.84 Å². The van der Waals surface area contributed by atoms with Crippen LogP contribution in [0.3, 0.4) is 0 Å². The molecule has 1 aliphatic heterocycles. The maximum atomic E-state index is 5.61. The molecule has 4 nitrogen and oxygen atoms in total. The summed E-state index contributed by atoms with van der Waals surface area (Å²) in [5, 5.41) is 0. The highest BCUT2D eigenvalue weighted by Crippen LogP contribution is 2.15. The highest BCUT2D eigenvalue weighted by Gasteiger charge is 2.15. The number of nitrogens with zero attached hydrogens (tertiary/aromatic N) is 1. The topological polar surface area (TPSA) is 59.6 Å². The van der Waals surface area contributed by atoms with Crippen molar-refractivity contribution < 1.29 is 4.74 Å². The number of aliphatic imine (C=N–C) groups is 1. The van der Waals surface area contributed by atoms with Crippen LogP contribution in [0.15, 0.2) is 4.99 Å². The van der Waals surface area contributed by atoms with E-state index in [1.165, 1.54) is 12.8 Å². The van der Waals surface area contributed by atoms with Crippen LogP contribution in [-0.2, 0) is 4.74 Å². The van der Waals surface area contributed by atoms with Crippen LogP contribution in [0.1, 0.15) is 39.0 Å². The normalized spacial score (nSPS) is 23.6. The van der Waals surface area contributed by atoms with Crippen molar-refractivity contribution in [1.82, 2.24) is 5.43 Å². The molecule has 0 spiro atoms. The van der Waals surface area contributed by atoms with Crippen LogP contribution < -0.4 is 11.3 Å². The number of hydrogen-bond acceptors (Lipinski definition) is 3. The van der Waals surface area contributed by atoms with E-state index in [2.05, 4.69) is 17.3 Å². The van der Waals surface area contributed by atoms with Gasteiger partial charge >= 0.3 is 0 Å². The molecule has 1 aliphatic rings. The minimum Gasteiger partial charge on any atom is -0.378 e. The van der Waals surface area contributed by atoms with Crippen LogP contribution in [0.5, 0.6) is 0 Å². The van der Waals surface area contributed by atoms with Gasteiger partial charge in [0, 0.05) is 19.6 Å². The van der Waals surface area contributed by atoms with E-state index in [1.54, 1.807) is 0 Å². The van der Waals surface area contributed by atoms with Gasteiger partial charge in [-0.05, 0) is 25.7 Å². The molecule has 1 rings (SSSR count). The summed E-state index contributed by atoms with van der Waals surface area (Å²) in [5.41, 5.74) is 2.65. The summed E-state index contributed by atoms with van der Waals surface area (Å²) in [6.07, 6.45) is 5.78. The van der Waals surface area contributed by atoms with Crippen molar-refractivity contribution in [3.63, 3.8) is 0 Å². The Morgan fingerprint density at radius 2 is 2.43 bits per heavy atom. The van der Waals surface area contributed by atoms with E-state index in [1.807, 2.05) is 0 Å². The lowest BCUT2D eigenvalue weighted by molar-refractivity contribution is 0.0206. The maximum Gasteiger partial charge on any atom is 0.113 e. The minimum absolute atomic E-state index is 0.315. The summed E-state index contributed by atoms with van der Waals surface area (Å²) in [5.74, 6) is 6.27. The first-order valence-electron chi connectivity index (χ1n) is 5.48. The van der Waals surface area contributed by atoms with Crippen molar-refractivity contribution in [2.75, 3.05) is 13.2 Å². The van der Waals surface area contributed by atoms with Gasteiger partial charge in [-0.2, -0.15) is 0 Å². The van der Waals surface area contributed by atoms with Crippen molar-refractivity contribution >= 4 is 5.84 Å². The van der Waals surface area contributed by atoms with Crippen molar-refractivity contribution in [3.05, 3.63) is 0 Å². The molecule has 0 amide bonds. The third-order valence-corrected chi connectivity index (χ3v) is 2.39. The third-order valence-electron chi connectivity index (χ3n) is 2.39. The fourth-order valence-corrected chi connectivity index (χ4v) is 1.60. The first-order chi connectivity index (χ1) is 6.86. The predicted octanol–water partition coefficient (Wildman–Crippen LogP) is 1.22. The van der Waals surface area contributed by atoms with Gasteiger partial charge < -0.3 is 10.2 Å². The molecule has 0 saturated carbocycles. The van der Waals surface area contributed by atoms with Crippen LogP contribution in [-0.4, -0.2) is 25.1 Å². The Balaban J connectivity index is 2.30. The number of hydrogen-bond donors (Lipinski definition) is 2. The van der Waals surface area contributed by atoms with Crippen LogP contribution in [0.25, 0.3) is 0 Å². The van der Waals surface area contributed by atoms with Crippen LogP contribution in [0.4, 0.5) is 0 Å². The molecular formula is C10H21N3O. The SMILES string of the molecule is CCCN=C(CC1CCCCO1)NN. The Labute approximate surface area is 85.9 Å². The van der Waals surface area contributed by atoms with Gasteiger partial charge in [-0.3, -0.25) is 4.99 Å². The fraction of sp³-hybridized carbons (Fsp3) is 0.900. The molecular weight excluding hydrogens is 178 g/mol. The van der Waals surface area contributed by atoms with Crippen LogP contribution in [0, 0.1) is 0 Å². The molecule has 14 heavy (non-hydrogen) atoms. The van der Waals surface area contributed by atoms with E-state index in [0.29, 0.717) is 6.10 Å². The summed E-state index contributed by atoms with van der Waals surface area (Å²) >= 11 is 0. The zero-order valence-corrected chi connectivity index (χ0v) is 8.96. The smallest absolute Gasteiger partial charge is 0.113 e. The molecule has 0 aliphatic carbocycles. The van der Waals surface area contributed by atoms with Gasteiger partial charge in [0.2, 0.25) is 0 Å². The van der Waals surface area contributed by atoms with Crippen molar-refractivity contribution in [1.29, 1.82) is 0 Å². The van der Waals surface area contributed by atoms with E-state index in [9.17, 15) is 0 Å². The predicted molar refractivity (Wildman–Crippen MR) is 58.1 cm³/mol. The van der Waals surface area contributed by atoms with Gasteiger partial charge in [-0.15, -0.1) is 0 Å². The summed E-state index contributed by atoms with van der Waals surface area (Å²) < 4.78 is 5.61. The summed E-state index contributed by atoms with van der Waals surface area (Å²) in [4.78, 5) is 4.36. The lowest BCUT2D eigenvalue weighted by Crippen LogP contribution is -2.35. The maximum absolute atomic E-state index is 5.61. The quantitative estimate of drug-likeness (QED) is 0.310. The molecule has 0 aromatic rings. The molecule has 0 aromatic heterocycles. The number of amidine groups is 1. The Hall–Kier alpha value is -0.610. The molecule has 1 atom stereocenters. The van der Waals surface area contributed by atoms with Gasteiger partial charge in [-0.1, -0.05) is 6.92 Å². The summed E-state index contributed by atoms with van der Waals surface area (Å²) in [6, 6.07) is 0. The molecule has 1 heterocycles.